The van der Waals surface area contributed by atoms with E-state index in [4.69, 9.17) is 10.5 Å². The molecule has 0 fully saturated rings. The molecule has 150 valence electrons. The Morgan fingerprint density at radius 2 is 1.41 bits per heavy atom. The third kappa shape index (κ3) is 5.00. The molecule has 0 amide bonds. The fraction of sp³-hybridized carbons (Fsp3) is 0.167. The van der Waals surface area contributed by atoms with E-state index in [0.29, 0.717) is 30.9 Å². The average Bonchev–Trinajstić information content (AvgIpc) is 2.71. The molecule has 3 aromatic carbocycles. The van der Waals surface area contributed by atoms with Crippen LogP contribution in [-0.4, -0.2) is 18.3 Å². The van der Waals surface area contributed by atoms with Crippen LogP contribution in [0.5, 0.6) is 11.5 Å². The average molecular weight is 395 g/mol. The highest BCUT2D eigenvalue weighted by atomic mass is 19.1. The molecule has 0 aliphatic heterocycles. The second-order valence-electron chi connectivity index (χ2n) is 6.57. The molecular formula is C24H23F2NO2. The van der Waals surface area contributed by atoms with Crippen molar-refractivity contribution in [3.8, 4) is 11.5 Å². The Bertz CT molecular complexity index is 976. The van der Waals surface area contributed by atoms with Gasteiger partial charge >= 0.3 is 0 Å². The summed E-state index contributed by atoms with van der Waals surface area (Å²) in [7, 11) is 0. The zero-order valence-corrected chi connectivity index (χ0v) is 16.2. The molecule has 0 saturated carbocycles. The van der Waals surface area contributed by atoms with Crippen molar-refractivity contribution in [2.75, 3.05) is 13.2 Å². The largest absolute Gasteiger partial charge is 0.508 e. The van der Waals surface area contributed by atoms with Crippen LogP contribution in [0, 0.1) is 11.6 Å². The summed E-state index contributed by atoms with van der Waals surface area (Å²) >= 11 is 0. The summed E-state index contributed by atoms with van der Waals surface area (Å²) in [5, 5.41) is 9.67. The van der Waals surface area contributed by atoms with Crippen LogP contribution >= 0.6 is 0 Å². The molecule has 0 aliphatic carbocycles. The number of aromatic hydroxyl groups is 1. The van der Waals surface area contributed by atoms with Crippen LogP contribution in [0.25, 0.3) is 11.1 Å². The number of hydrogen-bond donors (Lipinski definition) is 2. The maximum absolute atomic E-state index is 13.9. The minimum Gasteiger partial charge on any atom is -0.508 e. The maximum atomic E-state index is 13.9. The lowest BCUT2D eigenvalue weighted by Gasteiger charge is -2.17. The van der Waals surface area contributed by atoms with Crippen molar-refractivity contribution in [2.24, 2.45) is 5.73 Å². The molecule has 3 nitrogen and oxygen atoms in total. The molecule has 0 radical (unpaired) electrons. The third-order valence-corrected chi connectivity index (χ3v) is 4.55. The Labute approximate surface area is 169 Å². The molecule has 3 aromatic rings. The third-order valence-electron chi connectivity index (χ3n) is 4.55. The van der Waals surface area contributed by atoms with Crippen LogP contribution in [0.2, 0.25) is 0 Å². The number of phenolic OH excluding ortho intramolecular Hbond substituents is 1. The van der Waals surface area contributed by atoms with Crippen molar-refractivity contribution in [2.45, 2.75) is 13.3 Å². The zero-order chi connectivity index (χ0) is 20.8. The minimum absolute atomic E-state index is 0.147. The first-order chi connectivity index (χ1) is 14.0. The number of phenols is 1. The lowest BCUT2D eigenvalue weighted by Crippen LogP contribution is -2.10. The standard InChI is InChI=1S/C24H23F2NO2/c1-2-23(18-13-19(25)15-20(26)14-18)24(16-3-7-21(28)8-4-16)17-5-9-22(10-6-17)29-12-11-27/h3-10,13-15,28H,2,11-12,27H2,1H3. The normalized spacial score (nSPS) is 11.9. The lowest BCUT2D eigenvalue weighted by atomic mass is 9.88. The molecule has 0 atom stereocenters. The molecule has 0 saturated heterocycles. The molecule has 3 rings (SSSR count). The molecule has 0 unspecified atom stereocenters. The van der Waals surface area contributed by atoms with Crippen LogP contribution in [0.15, 0.2) is 66.7 Å². The smallest absolute Gasteiger partial charge is 0.126 e. The van der Waals surface area contributed by atoms with Crippen LogP contribution < -0.4 is 10.5 Å². The van der Waals surface area contributed by atoms with Crippen LogP contribution in [0.4, 0.5) is 8.78 Å². The summed E-state index contributed by atoms with van der Waals surface area (Å²) in [6, 6.07) is 17.8. The van der Waals surface area contributed by atoms with Crippen LogP contribution in [0.1, 0.15) is 30.0 Å². The van der Waals surface area contributed by atoms with E-state index < -0.39 is 11.6 Å². The number of nitrogens with two attached hydrogens (primary N) is 1. The van der Waals surface area contributed by atoms with Crippen LogP contribution in [-0.2, 0) is 0 Å². The van der Waals surface area contributed by atoms with E-state index in [1.54, 1.807) is 24.3 Å². The van der Waals surface area contributed by atoms with Gasteiger partial charge < -0.3 is 15.6 Å². The van der Waals surface area contributed by atoms with E-state index in [1.165, 1.54) is 12.1 Å². The van der Waals surface area contributed by atoms with Gasteiger partial charge in [-0.3, -0.25) is 0 Å². The summed E-state index contributed by atoms with van der Waals surface area (Å²) in [4.78, 5) is 0. The van der Waals surface area contributed by atoms with Gasteiger partial charge in [-0.05, 0) is 70.7 Å². The monoisotopic (exact) mass is 395 g/mol. The number of rotatable bonds is 7. The van der Waals surface area contributed by atoms with E-state index in [1.807, 2.05) is 31.2 Å². The molecule has 3 N–H and O–H groups in total. The highest BCUT2D eigenvalue weighted by Crippen LogP contribution is 2.36. The second kappa shape index (κ2) is 9.34. The number of benzene rings is 3. The van der Waals surface area contributed by atoms with Gasteiger partial charge in [-0.15, -0.1) is 0 Å². The summed E-state index contributed by atoms with van der Waals surface area (Å²) in [5.41, 5.74) is 9.30. The van der Waals surface area contributed by atoms with Gasteiger partial charge in [0, 0.05) is 12.6 Å². The highest BCUT2D eigenvalue weighted by Gasteiger charge is 2.15. The number of allylic oxidation sites excluding steroid dienone is 1. The summed E-state index contributed by atoms with van der Waals surface area (Å²) < 4.78 is 33.3. The Kier molecular flexibility index (Phi) is 6.62. The van der Waals surface area contributed by atoms with Gasteiger partial charge in [0.2, 0.25) is 0 Å². The molecule has 0 aromatic heterocycles. The second-order valence-corrected chi connectivity index (χ2v) is 6.57. The fourth-order valence-electron chi connectivity index (χ4n) is 3.29. The van der Waals surface area contributed by atoms with Gasteiger partial charge in [-0.25, -0.2) is 8.78 Å². The molecule has 0 bridgehead atoms. The Hall–Kier alpha value is -3.18. The maximum Gasteiger partial charge on any atom is 0.126 e. The van der Waals surface area contributed by atoms with E-state index >= 15 is 0 Å². The Morgan fingerprint density at radius 3 is 1.93 bits per heavy atom. The molecule has 0 spiro atoms. The SMILES string of the molecule is CCC(=C(c1ccc(O)cc1)c1ccc(OCCN)cc1)c1cc(F)cc(F)c1. The van der Waals surface area contributed by atoms with E-state index in [0.717, 1.165) is 28.3 Å². The topological polar surface area (TPSA) is 55.5 Å². The number of hydrogen-bond acceptors (Lipinski definition) is 3. The van der Waals surface area contributed by atoms with Crippen molar-refractivity contribution in [3.63, 3.8) is 0 Å². The molecular weight excluding hydrogens is 372 g/mol. The number of halogens is 2. The van der Waals surface area contributed by atoms with Gasteiger partial charge in [-0.2, -0.15) is 0 Å². The predicted molar refractivity (Wildman–Crippen MR) is 112 cm³/mol. The summed E-state index contributed by atoms with van der Waals surface area (Å²) in [5.74, 6) is -0.407. The molecule has 0 heterocycles. The van der Waals surface area contributed by atoms with Gasteiger partial charge in [0.05, 0.1) is 0 Å². The minimum atomic E-state index is -0.624. The highest BCUT2D eigenvalue weighted by molar-refractivity contribution is 5.98. The van der Waals surface area contributed by atoms with Gasteiger partial charge in [0.1, 0.15) is 29.7 Å². The lowest BCUT2D eigenvalue weighted by molar-refractivity contribution is 0.328. The first-order valence-electron chi connectivity index (χ1n) is 9.44. The van der Waals surface area contributed by atoms with E-state index in [9.17, 15) is 13.9 Å². The van der Waals surface area contributed by atoms with Gasteiger partial charge in [0.15, 0.2) is 0 Å². The number of ether oxygens (including phenoxy) is 1. The van der Waals surface area contributed by atoms with E-state index in [-0.39, 0.29) is 5.75 Å². The van der Waals surface area contributed by atoms with Crippen molar-refractivity contribution in [1.82, 2.24) is 0 Å². The summed E-state index contributed by atoms with van der Waals surface area (Å²) in [6.45, 7) is 2.78. The summed E-state index contributed by atoms with van der Waals surface area (Å²) in [6.07, 6.45) is 0.560. The quantitative estimate of drug-likeness (QED) is 0.528. The first-order valence-corrected chi connectivity index (χ1v) is 9.44. The van der Waals surface area contributed by atoms with Gasteiger partial charge in [0.25, 0.3) is 0 Å². The van der Waals surface area contributed by atoms with Crippen molar-refractivity contribution in [3.05, 3.63) is 95.1 Å². The molecule has 5 heteroatoms. The predicted octanol–water partition coefficient (Wildman–Crippen LogP) is 5.38. The van der Waals surface area contributed by atoms with Gasteiger partial charge in [-0.1, -0.05) is 31.2 Å². The fourth-order valence-corrected chi connectivity index (χ4v) is 3.29. The van der Waals surface area contributed by atoms with Crippen LogP contribution in [0.3, 0.4) is 0 Å². The Morgan fingerprint density at radius 1 is 0.862 bits per heavy atom. The van der Waals surface area contributed by atoms with Crippen molar-refractivity contribution in [1.29, 1.82) is 0 Å². The van der Waals surface area contributed by atoms with E-state index in [2.05, 4.69) is 0 Å². The van der Waals surface area contributed by atoms with Crippen molar-refractivity contribution < 1.29 is 18.6 Å². The Balaban J connectivity index is 2.18. The first kappa shape index (κ1) is 20.6. The molecule has 29 heavy (non-hydrogen) atoms. The molecule has 0 aliphatic rings. The van der Waals surface area contributed by atoms with Crippen molar-refractivity contribution >= 4 is 11.1 Å². The zero-order valence-electron chi connectivity index (χ0n) is 16.2.